The molecule has 0 aliphatic carbocycles. The zero-order chi connectivity index (χ0) is 20.1. The fraction of sp³-hybridized carbons (Fsp3) is 0.238. The number of hydrogen-bond donors (Lipinski definition) is 2. The molecule has 2 N–H and O–H groups in total. The summed E-state index contributed by atoms with van der Waals surface area (Å²) in [6, 6.07) is 14.7. The van der Waals surface area contributed by atoms with Crippen molar-refractivity contribution in [1.82, 2.24) is 4.90 Å². The van der Waals surface area contributed by atoms with Gasteiger partial charge in [0, 0.05) is 17.1 Å². The van der Waals surface area contributed by atoms with E-state index in [0.29, 0.717) is 16.1 Å². The molecule has 2 aromatic carbocycles. The lowest BCUT2D eigenvalue weighted by Gasteiger charge is -2.26. The molecular formula is C21H20ClNO5. The van der Waals surface area contributed by atoms with Gasteiger partial charge in [-0.15, -0.1) is 0 Å². The highest BCUT2D eigenvalue weighted by atomic mass is 35.5. The second kappa shape index (κ2) is 9.01. The van der Waals surface area contributed by atoms with Crippen LogP contribution in [0.5, 0.6) is 0 Å². The number of nitrogens with zero attached hydrogens (tertiary/aromatic N) is 1. The number of aliphatic hydroxyl groups excluding tert-OH is 2. The number of ketones is 1. The number of ether oxygens (including phenoxy) is 1. The Labute approximate surface area is 167 Å². The van der Waals surface area contributed by atoms with Crippen LogP contribution in [0.4, 0.5) is 0 Å². The third-order valence-electron chi connectivity index (χ3n) is 4.50. The number of likely N-dealkylation sites (tertiary alicyclic amines) is 1. The second-order valence-corrected chi connectivity index (χ2v) is 6.62. The fourth-order valence-electron chi connectivity index (χ4n) is 3.21. The Morgan fingerprint density at radius 1 is 1.04 bits per heavy atom. The van der Waals surface area contributed by atoms with Gasteiger partial charge in [-0.2, -0.15) is 0 Å². The summed E-state index contributed by atoms with van der Waals surface area (Å²) in [4.78, 5) is 26.8. The maximum atomic E-state index is 12.8. The molecule has 1 heterocycles. The minimum absolute atomic E-state index is 0.00791. The molecule has 28 heavy (non-hydrogen) atoms. The minimum Gasteiger partial charge on any atom is -0.507 e. The highest BCUT2D eigenvalue weighted by molar-refractivity contribution is 6.47. The average molecular weight is 402 g/mol. The molecule has 7 heteroatoms. The topological polar surface area (TPSA) is 87.1 Å². The van der Waals surface area contributed by atoms with Gasteiger partial charge in [0.15, 0.2) is 0 Å². The van der Waals surface area contributed by atoms with Gasteiger partial charge in [0.25, 0.3) is 11.7 Å². The van der Waals surface area contributed by atoms with E-state index in [2.05, 4.69) is 0 Å². The number of halogens is 1. The molecule has 3 rings (SSSR count). The predicted octanol–water partition coefficient (Wildman–Crippen LogP) is 2.77. The summed E-state index contributed by atoms with van der Waals surface area (Å²) >= 11 is 6.35. The molecule has 0 saturated carbocycles. The molecule has 1 amide bonds. The van der Waals surface area contributed by atoms with Gasteiger partial charge in [-0.3, -0.25) is 9.59 Å². The van der Waals surface area contributed by atoms with E-state index in [1.54, 1.807) is 54.6 Å². The summed E-state index contributed by atoms with van der Waals surface area (Å²) in [6.45, 7) is 0.247. The molecule has 1 fully saturated rings. The van der Waals surface area contributed by atoms with Crippen LogP contribution in [-0.4, -0.2) is 53.2 Å². The first-order valence-electron chi connectivity index (χ1n) is 8.83. The van der Waals surface area contributed by atoms with Gasteiger partial charge in [0.2, 0.25) is 0 Å². The van der Waals surface area contributed by atoms with E-state index in [9.17, 15) is 14.7 Å². The molecule has 0 radical (unpaired) electrons. The molecule has 1 aliphatic heterocycles. The second-order valence-electron chi connectivity index (χ2n) is 6.22. The van der Waals surface area contributed by atoms with Gasteiger partial charge in [0.1, 0.15) is 5.76 Å². The van der Waals surface area contributed by atoms with Crippen molar-refractivity contribution in [3.8, 4) is 0 Å². The Kier molecular flexibility index (Phi) is 6.46. The van der Waals surface area contributed by atoms with Crippen molar-refractivity contribution in [2.75, 3.05) is 26.4 Å². The van der Waals surface area contributed by atoms with Crippen molar-refractivity contribution < 1.29 is 24.5 Å². The SMILES string of the molecule is O=C1C(=O)N(CCOCCO)C(c2ccccc2Cl)C1=C(O)c1ccccc1. The molecule has 1 unspecified atom stereocenters. The zero-order valence-electron chi connectivity index (χ0n) is 15.0. The van der Waals surface area contributed by atoms with Gasteiger partial charge < -0.3 is 19.8 Å². The van der Waals surface area contributed by atoms with E-state index in [1.807, 2.05) is 0 Å². The summed E-state index contributed by atoms with van der Waals surface area (Å²) in [5.74, 6) is -1.74. The molecular weight excluding hydrogens is 382 g/mol. The van der Waals surface area contributed by atoms with Gasteiger partial charge in [-0.1, -0.05) is 60.1 Å². The van der Waals surface area contributed by atoms with E-state index in [4.69, 9.17) is 21.4 Å². The van der Waals surface area contributed by atoms with Crippen LogP contribution in [0, 0.1) is 0 Å². The Hall–Kier alpha value is -2.67. The maximum absolute atomic E-state index is 12.8. The molecule has 0 spiro atoms. The zero-order valence-corrected chi connectivity index (χ0v) is 15.8. The molecule has 0 aromatic heterocycles. The van der Waals surface area contributed by atoms with Crippen molar-refractivity contribution in [2.24, 2.45) is 0 Å². The number of amides is 1. The van der Waals surface area contributed by atoms with Crippen LogP contribution in [0.2, 0.25) is 5.02 Å². The van der Waals surface area contributed by atoms with Crippen LogP contribution < -0.4 is 0 Å². The standard InChI is InChI=1S/C21H20ClNO5/c22-16-9-5-4-8-15(16)18-17(19(25)14-6-2-1-3-7-14)20(26)21(27)23(18)10-12-28-13-11-24/h1-9,18,24-25H,10-13H2. The van der Waals surface area contributed by atoms with Crippen LogP contribution in [0.15, 0.2) is 60.2 Å². The van der Waals surface area contributed by atoms with Crippen molar-refractivity contribution in [2.45, 2.75) is 6.04 Å². The first-order chi connectivity index (χ1) is 13.6. The number of Topliss-reactive ketones (excluding diaryl/α,β-unsaturated/α-hetero) is 1. The lowest BCUT2D eigenvalue weighted by molar-refractivity contribution is -0.140. The number of carbonyl (C=O) groups is 2. The van der Waals surface area contributed by atoms with Crippen LogP contribution in [0.25, 0.3) is 5.76 Å². The van der Waals surface area contributed by atoms with E-state index in [1.165, 1.54) is 4.90 Å². The van der Waals surface area contributed by atoms with Gasteiger partial charge in [-0.05, 0) is 11.6 Å². The van der Waals surface area contributed by atoms with Crippen molar-refractivity contribution >= 4 is 29.1 Å². The van der Waals surface area contributed by atoms with Crippen LogP contribution >= 0.6 is 11.6 Å². The van der Waals surface area contributed by atoms with Crippen molar-refractivity contribution in [3.05, 3.63) is 76.3 Å². The van der Waals surface area contributed by atoms with Crippen LogP contribution in [0.3, 0.4) is 0 Å². The monoisotopic (exact) mass is 401 g/mol. The Morgan fingerprint density at radius 2 is 1.71 bits per heavy atom. The fourth-order valence-corrected chi connectivity index (χ4v) is 3.45. The van der Waals surface area contributed by atoms with E-state index in [0.717, 1.165) is 0 Å². The Balaban J connectivity index is 2.08. The van der Waals surface area contributed by atoms with Gasteiger partial charge >= 0.3 is 0 Å². The molecule has 146 valence electrons. The smallest absolute Gasteiger partial charge is 0.295 e. The minimum atomic E-state index is -0.827. The molecule has 1 saturated heterocycles. The summed E-state index contributed by atoms with van der Waals surface area (Å²) in [6.07, 6.45) is 0. The number of benzene rings is 2. The normalized spacial score (nSPS) is 18.6. The van der Waals surface area contributed by atoms with Gasteiger partial charge in [0.05, 0.1) is 31.4 Å². The summed E-state index contributed by atoms with van der Waals surface area (Å²) in [5, 5.41) is 20.1. The molecule has 1 atom stereocenters. The lowest BCUT2D eigenvalue weighted by Crippen LogP contribution is -2.33. The number of aliphatic hydroxyl groups is 2. The summed E-state index contributed by atoms with van der Waals surface area (Å²) < 4.78 is 5.26. The molecule has 1 aliphatic rings. The lowest BCUT2D eigenvalue weighted by atomic mass is 9.95. The third kappa shape index (κ3) is 3.94. The van der Waals surface area contributed by atoms with E-state index in [-0.39, 0.29) is 37.7 Å². The van der Waals surface area contributed by atoms with Crippen LogP contribution in [0.1, 0.15) is 17.2 Å². The van der Waals surface area contributed by atoms with Crippen molar-refractivity contribution in [1.29, 1.82) is 0 Å². The van der Waals surface area contributed by atoms with Gasteiger partial charge in [-0.25, -0.2) is 0 Å². The first-order valence-corrected chi connectivity index (χ1v) is 9.21. The summed E-state index contributed by atoms with van der Waals surface area (Å²) in [5.41, 5.74) is 0.976. The highest BCUT2D eigenvalue weighted by Gasteiger charge is 2.46. The quantitative estimate of drug-likeness (QED) is 0.322. The maximum Gasteiger partial charge on any atom is 0.295 e. The summed E-state index contributed by atoms with van der Waals surface area (Å²) in [7, 11) is 0. The number of carbonyl (C=O) groups excluding carboxylic acids is 2. The first kappa shape index (κ1) is 20.1. The Bertz CT molecular complexity index is 897. The Morgan fingerprint density at radius 3 is 2.39 bits per heavy atom. The number of hydrogen-bond acceptors (Lipinski definition) is 5. The molecule has 0 bridgehead atoms. The third-order valence-corrected chi connectivity index (χ3v) is 4.84. The number of rotatable bonds is 7. The van der Waals surface area contributed by atoms with Crippen molar-refractivity contribution in [3.63, 3.8) is 0 Å². The highest BCUT2D eigenvalue weighted by Crippen LogP contribution is 2.41. The predicted molar refractivity (Wildman–Crippen MR) is 105 cm³/mol. The average Bonchev–Trinajstić information content (AvgIpc) is 2.96. The molecule has 2 aromatic rings. The molecule has 6 nitrogen and oxygen atoms in total. The van der Waals surface area contributed by atoms with Crippen LogP contribution in [-0.2, 0) is 14.3 Å². The van der Waals surface area contributed by atoms with E-state index < -0.39 is 17.7 Å². The van der Waals surface area contributed by atoms with E-state index >= 15 is 0 Å². The largest absolute Gasteiger partial charge is 0.507 e.